The molecule has 0 aromatic heterocycles. The minimum atomic E-state index is -0.900. The van der Waals surface area contributed by atoms with E-state index in [-0.39, 0.29) is 43.3 Å². The Morgan fingerprint density at radius 2 is 1.63 bits per heavy atom. The number of ether oxygens (including phenoxy) is 3. The Hall–Kier alpha value is -5.59. The van der Waals surface area contributed by atoms with Crippen molar-refractivity contribution in [2.24, 2.45) is 5.92 Å². The molecule has 0 spiro atoms. The number of nitrogens with one attached hydrogen (secondary N) is 3. The van der Waals surface area contributed by atoms with E-state index < -0.39 is 17.9 Å². The molecule has 1 fully saturated rings. The van der Waals surface area contributed by atoms with Crippen molar-refractivity contribution in [3.63, 3.8) is 0 Å². The summed E-state index contributed by atoms with van der Waals surface area (Å²) in [6.07, 6.45) is 2.30. The van der Waals surface area contributed by atoms with Gasteiger partial charge in [-0.25, -0.2) is 0 Å². The Bertz CT molecular complexity index is 1760. The molecule has 3 N–H and O–H groups in total. The van der Waals surface area contributed by atoms with Gasteiger partial charge in [-0.15, -0.1) is 0 Å². The van der Waals surface area contributed by atoms with E-state index in [0.29, 0.717) is 72.0 Å². The summed E-state index contributed by atoms with van der Waals surface area (Å²) in [5, 5.41) is 8.65. The highest BCUT2D eigenvalue weighted by Crippen LogP contribution is 2.37. The zero-order chi connectivity index (χ0) is 36.5. The van der Waals surface area contributed by atoms with Gasteiger partial charge in [0.25, 0.3) is 11.8 Å². The van der Waals surface area contributed by atoms with Gasteiger partial charge >= 0.3 is 0 Å². The number of carbonyl (C=O) groups is 5. The van der Waals surface area contributed by atoms with Crippen molar-refractivity contribution in [3.05, 3.63) is 77.4 Å². The predicted octanol–water partition coefficient (Wildman–Crippen LogP) is 4.05. The lowest BCUT2D eigenvalue weighted by molar-refractivity contribution is -0.130. The van der Waals surface area contributed by atoms with Crippen molar-refractivity contribution in [2.75, 3.05) is 45.3 Å². The van der Waals surface area contributed by atoms with Crippen LogP contribution in [0.5, 0.6) is 23.0 Å². The molecule has 13 heteroatoms. The Kier molecular flexibility index (Phi) is 12.1. The maximum Gasteiger partial charge on any atom is 0.254 e. The number of nitrogens with zero attached hydrogens (tertiary/aromatic N) is 2. The second kappa shape index (κ2) is 16.9. The molecule has 2 aliphatic heterocycles. The summed E-state index contributed by atoms with van der Waals surface area (Å²) in [7, 11) is 3.01. The average molecular weight is 700 g/mol. The van der Waals surface area contributed by atoms with Gasteiger partial charge in [-0.1, -0.05) is 19.9 Å². The lowest BCUT2D eigenvalue weighted by Gasteiger charge is -2.26. The minimum Gasteiger partial charge on any atom is -0.496 e. The molecule has 0 radical (unpaired) electrons. The first kappa shape index (κ1) is 36.7. The molecule has 0 saturated carbocycles. The second-order valence-corrected chi connectivity index (χ2v) is 12.8. The van der Waals surface area contributed by atoms with Crippen molar-refractivity contribution >= 4 is 35.2 Å². The Morgan fingerprint density at radius 3 is 2.31 bits per heavy atom. The maximum atomic E-state index is 13.8. The predicted molar refractivity (Wildman–Crippen MR) is 190 cm³/mol. The van der Waals surface area contributed by atoms with Crippen LogP contribution >= 0.6 is 0 Å². The number of fused-ring (bicyclic) bond motifs is 3. The van der Waals surface area contributed by atoms with Gasteiger partial charge in [0.15, 0.2) is 11.5 Å². The zero-order valence-corrected chi connectivity index (χ0v) is 29.5. The fourth-order valence-electron chi connectivity index (χ4n) is 6.11. The van der Waals surface area contributed by atoms with Crippen LogP contribution < -0.4 is 35.1 Å². The quantitative estimate of drug-likeness (QED) is 0.361. The third-order valence-corrected chi connectivity index (χ3v) is 8.92. The van der Waals surface area contributed by atoms with Crippen LogP contribution in [0.25, 0.3) is 0 Å². The highest BCUT2D eigenvalue weighted by Gasteiger charge is 2.28. The van der Waals surface area contributed by atoms with E-state index >= 15 is 0 Å². The summed E-state index contributed by atoms with van der Waals surface area (Å²) in [4.78, 5) is 69.4. The summed E-state index contributed by atoms with van der Waals surface area (Å²) >= 11 is 0. The van der Waals surface area contributed by atoms with Crippen LogP contribution in [-0.2, 0) is 20.9 Å². The number of hydrogen-bond acceptors (Lipinski definition) is 8. The van der Waals surface area contributed by atoms with Crippen LogP contribution in [0.2, 0.25) is 0 Å². The first-order valence-corrected chi connectivity index (χ1v) is 17.2. The van der Waals surface area contributed by atoms with Gasteiger partial charge in [0.1, 0.15) is 17.5 Å². The van der Waals surface area contributed by atoms with Gasteiger partial charge in [0.2, 0.25) is 17.7 Å². The number of benzene rings is 3. The molecule has 0 aliphatic carbocycles. The molecule has 1 saturated heterocycles. The fourth-order valence-corrected chi connectivity index (χ4v) is 6.11. The largest absolute Gasteiger partial charge is 0.496 e. The summed E-state index contributed by atoms with van der Waals surface area (Å²) < 4.78 is 17.4. The summed E-state index contributed by atoms with van der Waals surface area (Å²) in [6.45, 7) is 4.55. The van der Waals surface area contributed by atoms with Gasteiger partial charge in [-0.2, -0.15) is 0 Å². The second-order valence-electron chi connectivity index (χ2n) is 12.8. The Morgan fingerprint density at radius 1 is 0.863 bits per heavy atom. The van der Waals surface area contributed by atoms with Crippen LogP contribution in [0, 0.1) is 5.92 Å². The first-order valence-electron chi connectivity index (χ1n) is 17.2. The molecule has 2 heterocycles. The molecule has 3 aromatic rings. The lowest BCUT2D eigenvalue weighted by Crippen LogP contribution is -2.52. The number of anilines is 1. The van der Waals surface area contributed by atoms with Crippen molar-refractivity contribution in [2.45, 2.75) is 52.1 Å². The highest BCUT2D eigenvalue weighted by atomic mass is 16.5. The van der Waals surface area contributed by atoms with Gasteiger partial charge in [0, 0.05) is 42.9 Å². The Balaban J connectivity index is 1.42. The topological polar surface area (TPSA) is 156 Å². The standard InChI is InChI=1S/C38H45N5O8/c1-24(2)35-37(47)40-22-28-29(49-3)9-7-10-30(28)51-32-21-26(14-17-31(32)50-4)36(46)39-18-5-6-19-42(23-33(44)41-35)38(48)25-12-15-27(16-13-25)43-20-8-11-34(43)45/h7,9-10,12-17,21,24,35H,5-6,8,11,18-20,22-23H2,1-4H3,(H,39,46)(H,40,47)(H,41,44)/t35-/m1/s1. The van der Waals surface area contributed by atoms with Gasteiger partial charge in [-0.3, -0.25) is 24.0 Å². The average Bonchev–Trinajstić information content (AvgIpc) is 3.57. The van der Waals surface area contributed by atoms with E-state index in [1.54, 1.807) is 65.6 Å². The summed E-state index contributed by atoms with van der Waals surface area (Å²) in [5.74, 6) is -0.308. The van der Waals surface area contributed by atoms with E-state index in [2.05, 4.69) is 16.0 Å². The third-order valence-electron chi connectivity index (χ3n) is 8.92. The van der Waals surface area contributed by atoms with Crippen molar-refractivity contribution in [3.8, 4) is 23.0 Å². The molecule has 5 rings (SSSR count). The normalized spacial score (nSPS) is 17.9. The molecule has 2 bridgehead atoms. The molecule has 270 valence electrons. The first-order chi connectivity index (χ1) is 24.6. The maximum absolute atomic E-state index is 13.8. The minimum absolute atomic E-state index is 0.00337. The smallest absolute Gasteiger partial charge is 0.254 e. The van der Waals surface area contributed by atoms with Crippen LogP contribution in [-0.4, -0.2) is 80.9 Å². The van der Waals surface area contributed by atoms with Gasteiger partial charge in [0.05, 0.1) is 32.9 Å². The van der Waals surface area contributed by atoms with E-state index in [1.165, 1.54) is 19.1 Å². The number of carbonyl (C=O) groups excluding carboxylic acids is 5. The van der Waals surface area contributed by atoms with Crippen molar-refractivity contribution in [1.29, 1.82) is 0 Å². The monoisotopic (exact) mass is 699 g/mol. The van der Waals surface area contributed by atoms with Crippen molar-refractivity contribution in [1.82, 2.24) is 20.9 Å². The summed E-state index contributed by atoms with van der Waals surface area (Å²) in [5.41, 5.74) is 1.97. The molecular formula is C38H45N5O8. The number of hydrogen-bond donors (Lipinski definition) is 3. The zero-order valence-electron chi connectivity index (χ0n) is 29.5. The summed E-state index contributed by atoms with van der Waals surface area (Å²) in [6, 6.07) is 15.9. The molecule has 0 unspecified atom stereocenters. The van der Waals surface area contributed by atoms with E-state index in [9.17, 15) is 24.0 Å². The van der Waals surface area contributed by atoms with Crippen LogP contribution in [0.15, 0.2) is 60.7 Å². The third kappa shape index (κ3) is 8.96. The van der Waals surface area contributed by atoms with Crippen LogP contribution in [0.4, 0.5) is 5.69 Å². The highest BCUT2D eigenvalue weighted by molar-refractivity contribution is 5.99. The fraction of sp³-hybridized carbons (Fsp3) is 0.395. The van der Waals surface area contributed by atoms with E-state index in [0.717, 1.165) is 12.1 Å². The molecular weight excluding hydrogens is 654 g/mol. The van der Waals surface area contributed by atoms with E-state index in [4.69, 9.17) is 14.2 Å². The van der Waals surface area contributed by atoms with Crippen molar-refractivity contribution < 1.29 is 38.2 Å². The molecule has 13 nitrogen and oxygen atoms in total. The van der Waals surface area contributed by atoms with Crippen LogP contribution in [0.1, 0.15) is 65.8 Å². The molecule has 2 aliphatic rings. The van der Waals surface area contributed by atoms with Gasteiger partial charge < -0.3 is 40.0 Å². The molecule has 1 atom stereocenters. The van der Waals surface area contributed by atoms with E-state index in [1.807, 2.05) is 13.8 Å². The SMILES string of the molecule is COc1ccc2cc1Oc1cccc(OC)c1CNC(=O)[C@@H](C(C)C)NC(=O)CN(C(=O)c1ccc(N3CCCC3=O)cc1)CCCCNC2=O. The molecule has 51 heavy (non-hydrogen) atoms. The van der Waals surface area contributed by atoms with Gasteiger partial charge in [-0.05, 0) is 79.8 Å². The lowest BCUT2D eigenvalue weighted by atomic mass is 10.0. The molecule has 5 amide bonds. The molecule has 3 aromatic carbocycles. The number of rotatable bonds is 5. The Labute approximate surface area is 297 Å². The number of methoxy groups -OCH3 is 2. The van der Waals surface area contributed by atoms with Crippen LogP contribution in [0.3, 0.4) is 0 Å². The number of amides is 5.